The minimum atomic E-state index is -4.36. The molecule has 2 aromatic carbocycles. The maximum absolute atomic E-state index is 12.5. The molecule has 0 atom stereocenters. The molecule has 2 aromatic rings. The molecule has 2 N–H and O–H groups in total. The van der Waals surface area contributed by atoms with Crippen LogP contribution in [0.25, 0.3) is 0 Å². The first-order valence-electron chi connectivity index (χ1n) is 7.65. The van der Waals surface area contributed by atoms with Gasteiger partial charge in [0.1, 0.15) is 5.75 Å². The Kier molecular flexibility index (Phi) is 5.90. The minimum absolute atomic E-state index is 0.165. The highest BCUT2D eigenvalue weighted by atomic mass is 19.4. The van der Waals surface area contributed by atoms with E-state index in [4.69, 9.17) is 4.74 Å². The van der Waals surface area contributed by atoms with Gasteiger partial charge in [0.25, 0.3) is 0 Å². The number of aryl methyl sites for hydroxylation is 1. The number of alkyl halides is 3. The van der Waals surface area contributed by atoms with Crippen LogP contribution in [0.4, 0.5) is 24.5 Å². The van der Waals surface area contributed by atoms with E-state index in [-0.39, 0.29) is 12.3 Å². The largest absolute Gasteiger partial charge is 0.495 e. The number of ether oxygens (including phenoxy) is 1. The topological polar surface area (TPSA) is 50.4 Å². The van der Waals surface area contributed by atoms with E-state index in [1.54, 1.807) is 12.1 Å². The molecule has 0 aliphatic heterocycles. The number of methoxy groups -OCH3 is 1. The van der Waals surface area contributed by atoms with E-state index >= 15 is 0 Å². The SMILES string of the molecule is COc1ccc(C)cc1NC(=O)CCNc1ccc(C(F)(F)F)cc1. The maximum Gasteiger partial charge on any atom is 0.416 e. The summed E-state index contributed by atoms with van der Waals surface area (Å²) in [5.41, 5.74) is 1.39. The normalized spacial score (nSPS) is 11.1. The van der Waals surface area contributed by atoms with Crippen molar-refractivity contribution in [3.8, 4) is 5.75 Å². The fourth-order valence-corrected chi connectivity index (χ4v) is 2.23. The highest BCUT2D eigenvalue weighted by Crippen LogP contribution is 2.29. The third kappa shape index (κ3) is 5.41. The van der Waals surface area contributed by atoms with Gasteiger partial charge in [-0.3, -0.25) is 4.79 Å². The first kappa shape index (κ1) is 18.6. The molecule has 0 radical (unpaired) electrons. The third-order valence-corrected chi connectivity index (χ3v) is 3.52. The van der Waals surface area contributed by atoms with Crippen molar-refractivity contribution in [1.29, 1.82) is 0 Å². The maximum atomic E-state index is 12.5. The molecule has 0 unspecified atom stereocenters. The number of nitrogens with one attached hydrogen (secondary N) is 2. The lowest BCUT2D eigenvalue weighted by Gasteiger charge is -2.12. The summed E-state index contributed by atoms with van der Waals surface area (Å²) in [6.07, 6.45) is -4.19. The highest BCUT2D eigenvalue weighted by molar-refractivity contribution is 5.92. The van der Waals surface area contributed by atoms with Gasteiger partial charge in [-0.05, 0) is 48.9 Å². The molecule has 0 heterocycles. The van der Waals surface area contributed by atoms with Crippen LogP contribution in [-0.2, 0) is 11.0 Å². The van der Waals surface area contributed by atoms with Crippen molar-refractivity contribution in [3.63, 3.8) is 0 Å². The van der Waals surface area contributed by atoms with Crippen LogP contribution in [0, 0.1) is 6.92 Å². The van der Waals surface area contributed by atoms with E-state index in [0.717, 1.165) is 17.7 Å². The van der Waals surface area contributed by atoms with Gasteiger partial charge in [0.05, 0.1) is 18.4 Å². The molecule has 0 fully saturated rings. The number of carbonyl (C=O) groups excluding carboxylic acids is 1. The number of amides is 1. The number of hydrogen-bond donors (Lipinski definition) is 2. The quantitative estimate of drug-likeness (QED) is 0.807. The Hall–Kier alpha value is -2.70. The first-order chi connectivity index (χ1) is 11.8. The Labute approximate surface area is 144 Å². The second-order valence-corrected chi connectivity index (χ2v) is 5.50. The Morgan fingerprint density at radius 1 is 1.12 bits per heavy atom. The fourth-order valence-electron chi connectivity index (χ4n) is 2.23. The van der Waals surface area contributed by atoms with Gasteiger partial charge in [0.15, 0.2) is 0 Å². The molecule has 0 spiro atoms. The van der Waals surface area contributed by atoms with Crippen molar-refractivity contribution in [3.05, 3.63) is 53.6 Å². The molecule has 1 amide bonds. The van der Waals surface area contributed by atoms with Crippen LogP contribution in [0.2, 0.25) is 0 Å². The monoisotopic (exact) mass is 352 g/mol. The summed E-state index contributed by atoms with van der Waals surface area (Å²) in [6, 6.07) is 10.1. The van der Waals surface area contributed by atoms with Crippen LogP contribution in [-0.4, -0.2) is 19.6 Å². The average molecular weight is 352 g/mol. The van der Waals surface area contributed by atoms with Crippen molar-refractivity contribution in [2.45, 2.75) is 19.5 Å². The van der Waals surface area contributed by atoms with Gasteiger partial charge >= 0.3 is 6.18 Å². The Morgan fingerprint density at radius 3 is 2.40 bits per heavy atom. The van der Waals surface area contributed by atoms with Gasteiger partial charge in [-0.25, -0.2) is 0 Å². The number of halogens is 3. The van der Waals surface area contributed by atoms with E-state index in [1.165, 1.54) is 19.2 Å². The third-order valence-electron chi connectivity index (χ3n) is 3.52. The van der Waals surface area contributed by atoms with Crippen LogP contribution >= 0.6 is 0 Å². The van der Waals surface area contributed by atoms with E-state index in [2.05, 4.69) is 10.6 Å². The smallest absolute Gasteiger partial charge is 0.416 e. The fraction of sp³-hybridized carbons (Fsp3) is 0.278. The summed E-state index contributed by atoms with van der Waals surface area (Å²) in [4.78, 5) is 12.0. The summed E-state index contributed by atoms with van der Waals surface area (Å²) < 4.78 is 42.7. The van der Waals surface area contributed by atoms with Crippen LogP contribution in [0.5, 0.6) is 5.75 Å². The molecule has 2 rings (SSSR count). The molecule has 0 saturated heterocycles. The number of anilines is 2. The number of benzene rings is 2. The van der Waals surface area contributed by atoms with Crippen molar-refractivity contribution >= 4 is 17.3 Å². The summed E-state index contributed by atoms with van der Waals surface area (Å²) >= 11 is 0. The number of hydrogen-bond acceptors (Lipinski definition) is 3. The van der Waals surface area contributed by atoms with E-state index < -0.39 is 11.7 Å². The standard InChI is InChI=1S/C18H19F3N2O2/c1-12-3-8-16(25-2)15(11-12)23-17(24)9-10-22-14-6-4-13(5-7-14)18(19,20)21/h3-8,11,22H,9-10H2,1-2H3,(H,23,24). The van der Waals surface area contributed by atoms with E-state index in [0.29, 0.717) is 23.7 Å². The van der Waals surface area contributed by atoms with Crippen LogP contribution in [0.3, 0.4) is 0 Å². The Morgan fingerprint density at radius 2 is 1.80 bits per heavy atom. The Bertz CT molecular complexity index is 728. The molecule has 0 aliphatic rings. The van der Waals surface area contributed by atoms with Crippen molar-refractivity contribution in [2.75, 3.05) is 24.3 Å². The van der Waals surface area contributed by atoms with Gasteiger partial charge in [0.2, 0.25) is 5.91 Å². The highest BCUT2D eigenvalue weighted by Gasteiger charge is 2.29. The molecule has 134 valence electrons. The molecule has 0 saturated carbocycles. The average Bonchev–Trinajstić information content (AvgIpc) is 2.55. The predicted octanol–water partition coefficient (Wildman–Crippen LogP) is 4.46. The second kappa shape index (κ2) is 7.92. The Balaban J connectivity index is 1.86. The van der Waals surface area contributed by atoms with Crippen molar-refractivity contribution in [2.24, 2.45) is 0 Å². The predicted molar refractivity (Wildman–Crippen MR) is 90.9 cm³/mol. The van der Waals surface area contributed by atoms with Crippen molar-refractivity contribution in [1.82, 2.24) is 0 Å². The number of rotatable bonds is 6. The van der Waals surface area contributed by atoms with Gasteiger partial charge in [-0.2, -0.15) is 13.2 Å². The summed E-state index contributed by atoms with van der Waals surface area (Å²) in [6.45, 7) is 2.20. The second-order valence-electron chi connectivity index (χ2n) is 5.50. The molecule has 7 heteroatoms. The molecular formula is C18H19F3N2O2. The minimum Gasteiger partial charge on any atom is -0.495 e. The molecule has 0 aliphatic carbocycles. The van der Waals surface area contributed by atoms with Gasteiger partial charge in [-0.1, -0.05) is 6.07 Å². The molecular weight excluding hydrogens is 333 g/mol. The molecule has 0 bridgehead atoms. The van der Waals surface area contributed by atoms with E-state index in [1.807, 2.05) is 13.0 Å². The van der Waals surface area contributed by atoms with Gasteiger partial charge in [0, 0.05) is 18.7 Å². The summed E-state index contributed by atoms with van der Waals surface area (Å²) in [5, 5.41) is 5.69. The molecule has 4 nitrogen and oxygen atoms in total. The lowest BCUT2D eigenvalue weighted by molar-refractivity contribution is -0.137. The lowest BCUT2D eigenvalue weighted by Crippen LogP contribution is -2.17. The van der Waals surface area contributed by atoms with Crippen LogP contribution in [0.15, 0.2) is 42.5 Å². The van der Waals surface area contributed by atoms with Gasteiger partial charge < -0.3 is 15.4 Å². The zero-order valence-electron chi connectivity index (χ0n) is 13.9. The van der Waals surface area contributed by atoms with E-state index in [9.17, 15) is 18.0 Å². The van der Waals surface area contributed by atoms with Gasteiger partial charge in [-0.15, -0.1) is 0 Å². The molecule has 25 heavy (non-hydrogen) atoms. The van der Waals surface area contributed by atoms with Crippen LogP contribution < -0.4 is 15.4 Å². The number of carbonyl (C=O) groups is 1. The van der Waals surface area contributed by atoms with Crippen molar-refractivity contribution < 1.29 is 22.7 Å². The van der Waals surface area contributed by atoms with Crippen LogP contribution in [0.1, 0.15) is 17.5 Å². The summed E-state index contributed by atoms with van der Waals surface area (Å²) in [5.74, 6) is 0.345. The first-order valence-corrected chi connectivity index (χ1v) is 7.65. The molecule has 0 aromatic heterocycles. The summed E-state index contributed by atoms with van der Waals surface area (Å²) in [7, 11) is 1.52. The zero-order valence-corrected chi connectivity index (χ0v) is 13.9. The zero-order chi connectivity index (χ0) is 18.4. The lowest BCUT2D eigenvalue weighted by atomic mass is 10.2.